The Morgan fingerprint density at radius 1 is 0.889 bits per heavy atom. The lowest BCUT2D eigenvalue weighted by molar-refractivity contribution is 0.0954. The lowest BCUT2D eigenvalue weighted by atomic mass is 10.2. The minimum Gasteiger partial charge on any atom is -0.298 e. The Kier molecular flexibility index (Phi) is 3.52. The van der Waals surface area contributed by atoms with E-state index in [2.05, 4.69) is 10.9 Å². The molecule has 0 aliphatic carbocycles. The van der Waals surface area contributed by atoms with Gasteiger partial charge < -0.3 is 0 Å². The van der Waals surface area contributed by atoms with Gasteiger partial charge in [0.25, 0.3) is 5.91 Å². The van der Waals surface area contributed by atoms with Crippen LogP contribution in [0.2, 0.25) is 0 Å². The summed E-state index contributed by atoms with van der Waals surface area (Å²) in [6, 6.07) is 12.0. The Morgan fingerprint density at radius 3 is 2.11 bits per heavy atom. The van der Waals surface area contributed by atoms with Gasteiger partial charge >= 0.3 is 0 Å². The first kappa shape index (κ1) is 12.0. The van der Waals surface area contributed by atoms with Crippen LogP contribution in [0, 0.1) is 11.6 Å². The number of carbonyl (C=O) groups excluding carboxylic acids is 1. The van der Waals surface area contributed by atoms with Crippen molar-refractivity contribution in [2.45, 2.75) is 0 Å². The van der Waals surface area contributed by atoms with E-state index in [-0.39, 0.29) is 0 Å². The molecule has 0 bridgehead atoms. The van der Waals surface area contributed by atoms with Crippen LogP contribution in [0.1, 0.15) is 10.4 Å². The minimum absolute atomic E-state index is 0.610. The highest BCUT2D eigenvalue weighted by atomic mass is 19.1. The zero-order chi connectivity index (χ0) is 13.0. The number of rotatable bonds is 3. The van der Waals surface area contributed by atoms with Crippen molar-refractivity contribution in [3.05, 3.63) is 65.7 Å². The molecule has 5 heteroatoms. The fraction of sp³-hybridized carbons (Fsp3) is 0. The van der Waals surface area contributed by atoms with Crippen LogP contribution in [0.15, 0.2) is 48.5 Å². The zero-order valence-corrected chi connectivity index (χ0v) is 9.28. The molecular weight excluding hydrogens is 238 g/mol. The number of benzene rings is 2. The molecule has 0 radical (unpaired) electrons. The first-order chi connectivity index (χ1) is 8.68. The second kappa shape index (κ2) is 5.27. The minimum atomic E-state index is -0.901. The van der Waals surface area contributed by atoms with E-state index >= 15 is 0 Å². The molecular formula is C13H10F2N2O. The molecule has 1 amide bonds. The third-order valence-corrected chi connectivity index (χ3v) is 2.28. The maximum atomic E-state index is 13.3. The number of hydrogen-bond acceptors (Lipinski definition) is 2. The fourth-order valence-corrected chi connectivity index (χ4v) is 1.43. The van der Waals surface area contributed by atoms with Gasteiger partial charge in [-0.15, -0.1) is 0 Å². The fourth-order valence-electron chi connectivity index (χ4n) is 1.43. The van der Waals surface area contributed by atoms with Crippen molar-refractivity contribution in [3.63, 3.8) is 0 Å². The van der Waals surface area contributed by atoms with Crippen molar-refractivity contribution in [1.29, 1.82) is 0 Å². The second-order valence-electron chi connectivity index (χ2n) is 3.54. The quantitative estimate of drug-likeness (QED) is 0.820. The highest BCUT2D eigenvalue weighted by Crippen LogP contribution is 2.12. The average Bonchev–Trinajstić information content (AvgIpc) is 2.37. The van der Waals surface area contributed by atoms with E-state index in [1.54, 1.807) is 24.3 Å². The maximum absolute atomic E-state index is 13.3. The second-order valence-corrected chi connectivity index (χ2v) is 3.54. The Morgan fingerprint density at radius 2 is 1.50 bits per heavy atom. The third-order valence-electron chi connectivity index (χ3n) is 2.28. The molecule has 0 saturated heterocycles. The molecule has 0 aliphatic rings. The molecule has 0 fully saturated rings. The van der Waals surface area contributed by atoms with Crippen molar-refractivity contribution >= 4 is 11.6 Å². The van der Waals surface area contributed by atoms with E-state index < -0.39 is 23.1 Å². The molecule has 2 rings (SSSR count). The molecule has 0 heterocycles. The normalized spacial score (nSPS) is 9.89. The summed E-state index contributed by atoms with van der Waals surface area (Å²) in [7, 11) is 0. The Labute approximate surface area is 102 Å². The van der Waals surface area contributed by atoms with Crippen LogP contribution in [0.25, 0.3) is 0 Å². The van der Waals surface area contributed by atoms with Gasteiger partial charge in [0.15, 0.2) is 0 Å². The number of halogens is 2. The predicted molar refractivity (Wildman–Crippen MR) is 63.9 cm³/mol. The van der Waals surface area contributed by atoms with Gasteiger partial charge in [-0.2, -0.15) is 0 Å². The van der Waals surface area contributed by atoms with Crippen LogP contribution in [-0.4, -0.2) is 5.91 Å². The molecule has 0 aliphatic heterocycles. The summed E-state index contributed by atoms with van der Waals surface area (Å²) in [6.45, 7) is 0. The van der Waals surface area contributed by atoms with E-state index in [0.717, 1.165) is 12.1 Å². The summed E-state index contributed by atoms with van der Waals surface area (Å²) in [5.41, 5.74) is 4.80. The summed E-state index contributed by atoms with van der Waals surface area (Å²) < 4.78 is 26.6. The Hall–Kier alpha value is -2.43. The number of carbonyl (C=O) groups is 1. The van der Waals surface area contributed by atoms with Gasteiger partial charge in [0.2, 0.25) is 0 Å². The molecule has 0 atom stereocenters. The Balaban J connectivity index is 2.09. The number of amides is 1. The molecule has 0 aromatic heterocycles. The van der Waals surface area contributed by atoms with Crippen LogP contribution in [0.4, 0.5) is 14.5 Å². The van der Waals surface area contributed by atoms with Gasteiger partial charge in [0.05, 0.1) is 5.69 Å². The molecule has 2 N–H and O–H groups in total. The summed E-state index contributed by atoms with van der Waals surface area (Å²) >= 11 is 0. The number of hydrazine groups is 1. The first-order valence-electron chi connectivity index (χ1n) is 5.24. The van der Waals surface area contributed by atoms with Crippen molar-refractivity contribution in [3.8, 4) is 0 Å². The smallest absolute Gasteiger partial charge is 0.275 e. The van der Waals surface area contributed by atoms with Crippen LogP contribution >= 0.6 is 0 Å². The number of hydrogen-bond donors (Lipinski definition) is 2. The van der Waals surface area contributed by atoms with E-state index in [1.165, 1.54) is 6.07 Å². The van der Waals surface area contributed by atoms with Gasteiger partial charge in [-0.25, -0.2) is 8.78 Å². The third kappa shape index (κ3) is 2.63. The monoisotopic (exact) mass is 248 g/mol. The van der Waals surface area contributed by atoms with E-state index in [4.69, 9.17) is 0 Å². The van der Waals surface area contributed by atoms with Gasteiger partial charge in [0.1, 0.15) is 17.2 Å². The molecule has 0 saturated carbocycles. The SMILES string of the molecule is O=C(NNc1ccccc1)c1c(F)cccc1F. The molecule has 2 aromatic carbocycles. The maximum Gasteiger partial charge on any atom is 0.275 e. The van der Waals surface area contributed by atoms with E-state index in [9.17, 15) is 13.6 Å². The summed E-state index contributed by atoms with van der Waals surface area (Å²) in [6.07, 6.45) is 0. The highest BCUT2D eigenvalue weighted by Gasteiger charge is 2.16. The van der Waals surface area contributed by atoms with Crippen molar-refractivity contribution in [2.75, 3.05) is 5.43 Å². The van der Waals surface area contributed by atoms with Gasteiger partial charge in [0, 0.05) is 0 Å². The lowest BCUT2D eigenvalue weighted by Crippen LogP contribution is -2.30. The number of nitrogens with one attached hydrogen (secondary N) is 2. The van der Waals surface area contributed by atoms with Crippen LogP contribution in [0.5, 0.6) is 0 Å². The van der Waals surface area contributed by atoms with Crippen molar-refractivity contribution in [1.82, 2.24) is 5.43 Å². The largest absolute Gasteiger partial charge is 0.298 e. The Bertz CT molecular complexity index is 538. The van der Waals surface area contributed by atoms with Crippen molar-refractivity contribution in [2.24, 2.45) is 0 Å². The summed E-state index contributed by atoms with van der Waals surface area (Å²) in [4.78, 5) is 11.6. The van der Waals surface area contributed by atoms with Gasteiger partial charge in [-0.3, -0.25) is 15.6 Å². The molecule has 0 unspecified atom stereocenters. The number of para-hydroxylation sites is 1. The summed E-state index contributed by atoms with van der Waals surface area (Å²) in [5, 5.41) is 0. The highest BCUT2D eigenvalue weighted by molar-refractivity contribution is 5.95. The van der Waals surface area contributed by atoms with Gasteiger partial charge in [-0.1, -0.05) is 24.3 Å². The average molecular weight is 248 g/mol. The van der Waals surface area contributed by atoms with E-state index in [1.807, 2.05) is 6.07 Å². The lowest BCUT2D eigenvalue weighted by Gasteiger charge is -2.09. The standard InChI is InChI=1S/C13H10F2N2O/c14-10-7-4-8-11(15)12(10)13(18)17-16-9-5-2-1-3-6-9/h1-8,16H,(H,17,18). The number of anilines is 1. The molecule has 92 valence electrons. The summed E-state index contributed by atoms with van der Waals surface area (Å²) in [5.74, 6) is -2.67. The molecule has 18 heavy (non-hydrogen) atoms. The molecule has 3 nitrogen and oxygen atoms in total. The predicted octanol–water partition coefficient (Wildman–Crippen LogP) is 2.72. The zero-order valence-electron chi connectivity index (χ0n) is 9.28. The van der Waals surface area contributed by atoms with Crippen LogP contribution < -0.4 is 10.9 Å². The first-order valence-corrected chi connectivity index (χ1v) is 5.24. The molecule has 2 aromatic rings. The van der Waals surface area contributed by atoms with Crippen LogP contribution in [0.3, 0.4) is 0 Å². The van der Waals surface area contributed by atoms with Gasteiger partial charge in [-0.05, 0) is 24.3 Å². The molecule has 0 spiro atoms. The van der Waals surface area contributed by atoms with Crippen LogP contribution in [-0.2, 0) is 0 Å². The topological polar surface area (TPSA) is 41.1 Å². The van der Waals surface area contributed by atoms with E-state index in [0.29, 0.717) is 5.69 Å². The van der Waals surface area contributed by atoms with Crippen molar-refractivity contribution < 1.29 is 13.6 Å².